The molecule has 0 saturated carbocycles. The maximum atomic E-state index is 10.1. The fourth-order valence-electron chi connectivity index (χ4n) is 2.53. The molecular formula is C13H20N4O2. The van der Waals surface area contributed by atoms with Crippen LogP contribution in [0, 0.1) is 4.91 Å². The maximum Gasteiger partial charge on any atom is 0.0935 e. The normalized spacial score (nSPS) is 22.7. The minimum Gasteiger partial charge on any atom is -0.399 e. The predicted octanol–water partition coefficient (Wildman–Crippen LogP) is 0.564. The number of rotatable bonds is 6. The van der Waals surface area contributed by atoms with Gasteiger partial charge in [-0.2, -0.15) is 4.91 Å². The number of benzene rings is 1. The molecule has 1 aliphatic heterocycles. The molecule has 104 valence electrons. The van der Waals surface area contributed by atoms with Gasteiger partial charge >= 0.3 is 0 Å². The van der Waals surface area contributed by atoms with Crippen molar-refractivity contribution in [2.24, 2.45) is 5.18 Å². The van der Waals surface area contributed by atoms with Gasteiger partial charge in [0.2, 0.25) is 0 Å². The predicted molar refractivity (Wildman–Crippen MR) is 76.1 cm³/mol. The third kappa shape index (κ3) is 3.42. The molecule has 0 bridgehead atoms. The molecule has 1 heterocycles. The molecule has 0 spiro atoms. The smallest absolute Gasteiger partial charge is 0.0935 e. The second-order valence-electron chi connectivity index (χ2n) is 4.82. The van der Waals surface area contributed by atoms with Crippen LogP contribution in [-0.2, 0) is 0 Å². The molecule has 6 heteroatoms. The first kappa shape index (κ1) is 13.8. The number of aliphatic hydroxyl groups excluding tert-OH is 1. The van der Waals surface area contributed by atoms with Crippen LogP contribution in [0.3, 0.4) is 0 Å². The Bertz CT molecular complexity index is 410. The zero-order chi connectivity index (χ0) is 13.7. The first-order chi connectivity index (χ1) is 9.24. The van der Waals surface area contributed by atoms with Gasteiger partial charge in [0.1, 0.15) is 0 Å². The highest BCUT2D eigenvalue weighted by molar-refractivity contribution is 5.54. The number of nitrogens with two attached hydrogens (primary N) is 1. The molecule has 2 rings (SSSR count). The monoisotopic (exact) mass is 264 g/mol. The number of aliphatic hydroxyl groups is 1. The molecular weight excluding hydrogens is 244 g/mol. The summed E-state index contributed by atoms with van der Waals surface area (Å²) >= 11 is 0. The van der Waals surface area contributed by atoms with E-state index < -0.39 is 0 Å². The van der Waals surface area contributed by atoms with Crippen LogP contribution in [0.2, 0.25) is 0 Å². The van der Waals surface area contributed by atoms with E-state index in [4.69, 9.17) is 5.73 Å². The van der Waals surface area contributed by atoms with Gasteiger partial charge in [-0.1, -0.05) is 5.18 Å². The van der Waals surface area contributed by atoms with Gasteiger partial charge in [-0.3, -0.25) is 0 Å². The molecule has 0 aromatic heterocycles. The number of hydrogen-bond donors (Lipinski definition) is 3. The lowest BCUT2D eigenvalue weighted by Gasteiger charge is -2.25. The van der Waals surface area contributed by atoms with E-state index in [1.807, 2.05) is 24.3 Å². The quantitative estimate of drug-likeness (QED) is 0.397. The van der Waals surface area contributed by atoms with E-state index >= 15 is 0 Å². The van der Waals surface area contributed by atoms with Gasteiger partial charge in [-0.25, -0.2) is 0 Å². The van der Waals surface area contributed by atoms with Crippen LogP contribution < -0.4 is 16.0 Å². The molecule has 0 aliphatic carbocycles. The molecule has 6 nitrogen and oxygen atoms in total. The van der Waals surface area contributed by atoms with Crippen LogP contribution >= 0.6 is 0 Å². The van der Waals surface area contributed by atoms with Gasteiger partial charge in [-0.05, 0) is 30.7 Å². The molecule has 0 radical (unpaired) electrons. The van der Waals surface area contributed by atoms with Crippen molar-refractivity contribution in [3.63, 3.8) is 0 Å². The summed E-state index contributed by atoms with van der Waals surface area (Å²) < 4.78 is 0. The lowest BCUT2D eigenvalue weighted by molar-refractivity contribution is 0.264. The van der Waals surface area contributed by atoms with Gasteiger partial charge < -0.3 is 21.1 Å². The van der Waals surface area contributed by atoms with Crippen molar-refractivity contribution in [1.29, 1.82) is 0 Å². The van der Waals surface area contributed by atoms with Crippen LogP contribution in [-0.4, -0.2) is 43.4 Å². The summed E-state index contributed by atoms with van der Waals surface area (Å²) in [4.78, 5) is 12.2. The molecule has 0 amide bonds. The zero-order valence-electron chi connectivity index (χ0n) is 10.8. The zero-order valence-corrected chi connectivity index (χ0v) is 10.8. The average Bonchev–Trinajstić information content (AvgIpc) is 2.83. The number of nitrogens with zero attached hydrogens (tertiary/aromatic N) is 2. The third-order valence-corrected chi connectivity index (χ3v) is 3.49. The fourth-order valence-corrected chi connectivity index (χ4v) is 2.53. The second kappa shape index (κ2) is 6.49. The van der Waals surface area contributed by atoms with Crippen molar-refractivity contribution in [3.8, 4) is 0 Å². The molecule has 1 aromatic rings. The second-order valence-corrected chi connectivity index (χ2v) is 4.82. The molecule has 19 heavy (non-hydrogen) atoms. The van der Waals surface area contributed by atoms with Gasteiger partial charge in [-0.15, -0.1) is 0 Å². The third-order valence-electron chi connectivity index (χ3n) is 3.49. The Balaban J connectivity index is 1.99. The van der Waals surface area contributed by atoms with E-state index in [0.717, 1.165) is 24.3 Å². The van der Waals surface area contributed by atoms with Crippen LogP contribution in [0.1, 0.15) is 6.42 Å². The number of nitrogen functional groups attached to an aromatic ring is 1. The summed E-state index contributed by atoms with van der Waals surface area (Å²) in [5.41, 5.74) is 7.47. The highest BCUT2D eigenvalue weighted by atomic mass is 16.3. The first-order valence-corrected chi connectivity index (χ1v) is 6.50. The Morgan fingerprint density at radius 2 is 2.16 bits per heavy atom. The summed E-state index contributed by atoms with van der Waals surface area (Å²) in [6.07, 6.45) is 0.861. The Morgan fingerprint density at radius 3 is 2.79 bits per heavy atom. The summed E-state index contributed by atoms with van der Waals surface area (Å²) in [6, 6.07) is 8.03. The molecule has 1 aliphatic rings. The fraction of sp³-hybridized carbons (Fsp3) is 0.538. The minimum absolute atomic E-state index is 0.102. The van der Waals surface area contributed by atoms with E-state index in [1.165, 1.54) is 0 Å². The highest BCUT2D eigenvalue weighted by Gasteiger charge is 2.31. The number of hydrogen-bond acceptors (Lipinski definition) is 6. The van der Waals surface area contributed by atoms with Crippen LogP contribution in [0.5, 0.6) is 0 Å². The Kier molecular flexibility index (Phi) is 4.70. The van der Waals surface area contributed by atoms with Crippen LogP contribution in [0.15, 0.2) is 29.4 Å². The highest BCUT2D eigenvalue weighted by Crippen LogP contribution is 2.26. The van der Waals surface area contributed by atoms with Crippen molar-refractivity contribution < 1.29 is 5.11 Å². The molecule has 2 unspecified atom stereocenters. The molecule has 1 fully saturated rings. The van der Waals surface area contributed by atoms with Crippen molar-refractivity contribution in [2.75, 3.05) is 36.9 Å². The molecule has 2 atom stereocenters. The van der Waals surface area contributed by atoms with Gasteiger partial charge in [0.15, 0.2) is 0 Å². The Morgan fingerprint density at radius 1 is 1.42 bits per heavy atom. The van der Waals surface area contributed by atoms with E-state index in [2.05, 4.69) is 15.4 Å². The maximum absolute atomic E-state index is 10.1. The van der Waals surface area contributed by atoms with Crippen molar-refractivity contribution in [1.82, 2.24) is 5.32 Å². The lowest BCUT2D eigenvalue weighted by Crippen LogP contribution is -2.35. The van der Waals surface area contributed by atoms with Crippen molar-refractivity contribution in [2.45, 2.75) is 18.5 Å². The van der Waals surface area contributed by atoms with Crippen LogP contribution in [0.4, 0.5) is 11.4 Å². The first-order valence-electron chi connectivity index (χ1n) is 6.50. The SMILES string of the molecule is Nc1ccc(N2CC(NCCN=O)CC2CO)cc1. The van der Waals surface area contributed by atoms with Crippen molar-refractivity contribution in [3.05, 3.63) is 29.2 Å². The molecule has 1 saturated heterocycles. The lowest BCUT2D eigenvalue weighted by atomic mass is 10.2. The Hall–Kier alpha value is -1.66. The topological polar surface area (TPSA) is 91.0 Å². The minimum atomic E-state index is 0.102. The Labute approximate surface area is 112 Å². The summed E-state index contributed by atoms with van der Waals surface area (Å²) in [7, 11) is 0. The molecule has 4 N–H and O–H groups in total. The van der Waals surface area contributed by atoms with Gasteiger partial charge in [0.25, 0.3) is 0 Å². The van der Waals surface area contributed by atoms with E-state index in [9.17, 15) is 10.0 Å². The van der Waals surface area contributed by atoms with E-state index in [0.29, 0.717) is 6.54 Å². The van der Waals surface area contributed by atoms with E-state index in [-0.39, 0.29) is 25.2 Å². The van der Waals surface area contributed by atoms with Gasteiger partial charge in [0, 0.05) is 30.5 Å². The number of nitrogens with one attached hydrogen (secondary N) is 1. The van der Waals surface area contributed by atoms with E-state index in [1.54, 1.807) is 0 Å². The summed E-state index contributed by atoms with van der Waals surface area (Å²) in [5, 5.41) is 15.6. The van der Waals surface area contributed by atoms with Crippen molar-refractivity contribution >= 4 is 11.4 Å². The summed E-state index contributed by atoms with van der Waals surface area (Å²) in [6.45, 7) is 1.80. The summed E-state index contributed by atoms with van der Waals surface area (Å²) in [5.74, 6) is 0. The largest absolute Gasteiger partial charge is 0.399 e. The average molecular weight is 264 g/mol. The van der Waals surface area contributed by atoms with Crippen LogP contribution in [0.25, 0.3) is 0 Å². The van der Waals surface area contributed by atoms with Gasteiger partial charge in [0.05, 0.1) is 19.2 Å². The molecule has 1 aromatic carbocycles. The standard InChI is InChI=1S/C13H20N4O2/c14-10-1-3-12(4-2-10)17-8-11(7-13(17)9-18)15-5-6-16-19/h1-4,11,13,15,18H,5-9,14H2. The number of nitroso groups, excluding NO2 is 1. The number of anilines is 2.